The molecule has 6 nitrogen and oxygen atoms in total. The van der Waals surface area contributed by atoms with Crippen molar-refractivity contribution < 1.29 is 9.59 Å². The summed E-state index contributed by atoms with van der Waals surface area (Å²) >= 11 is 2.69. The van der Waals surface area contributed by atoms with Crippen LogP contribution in [-0.4, -0.2) is 33.8 Å². The maximum atomic E-state index is 12.1. The maximum Gasteiger partial charge on any atom is 0.234 e. The van der Waals surface area contributed by atoms with E-state index < -0.39 is 0 Å². The highest BCUT2D eigenvalue weighted by Crippen LogP contribution is 2.35. The molecule has 1 N–H and O–H groups in total. The Morgan fingerprint density at radius 3 is 2.54 bits per heavy atom. The Kier molecular flexibility index (Phi) is 5.93. The predicted molar refractivity (Wildman–Crippen MR) is 106 cm³/mol. The van der Waals surface area contributed by atoms with E-state index in [9.17, 15) is 9.59 Å². The van der Waals surface area contributed by atoms with E-state index in [1.54, 1.807) is 11.8 Å². The average molecular weight is 391 g/mol. The van der Waals surface area contributed by atoms with Crippen molar-refractivity contribution in [3.05, 3.63) is 29.8 Å². The quantitative estimate of drug-likeness (QED) is 0.573. The molecule has 26 heavy (non-hydrogen) atoms. The number of anilines is 2. The Labute approximate surface area is 161 Å². The van der Waals surface area contributed by atoms with Crippen molar-refractivity contribution in [1.82, 2.24) is 10.2 Å². The Hall–Kier alpha value is -1.93. The summed E-state index contributed by atoms with van der Waals surface area (Å²) in [6.07, 6.45) is 2.03. The van der Waals surface area contributed by atoms with Crippen LogP contribution in [0, 0.1) is 0 Å². The molecule has 1 heterocycles. The van der Waals surface area contributed by atoms with Gasteiger partial charge in [-0.15, -0.1) is 10.2 Å². The molecule has 0 radical (unpaired) electrons. The number of hydrogen-bond donors (Lipinski definition) is 1. The molecule has 138 valence electrons. The number of nitrogens with zero attached hydrogens (tertiary/aromatic N) is 3. The van der Waals surface area contributed by atoms with Gasteiger partial charge in [-0.3, -0.25) is 14.5 Å². The van der Waals surface area contributed by atoms with E-state index in [4.69, 9.17) is 0 Å². The lowest BCUT2D eigenvalue weighted by Crippen LogP contribution is -2.30. The van der Waals surface area contributed by atoms with Gasteiger partial charge in [0, 0.05) is 18.7 Å². The summed E-state index contributed by atoms with van der Waals surface area (Å²) in [4.78, 5) is 25.6. The molecule has 2 aromatic rings. The number of thioether (sulfide) groups is 1. The lowest BCUT2D eigenvalue weighted by molar-refractivity contribution is -0.116. The first kappa shape index (κ1) is 18.8. The van der Waals surface area contributed by atoms with Gasteiger partial charge in [0.25, 0.3) is 0 Å². The van der Waals surface area contributed by atoms with Crippen LogP contribution in [0.1, 0.15) is 45.1 Å². The molecule has 1 aromatic carbocycles. The van der Waals surface area contributed by atoms with Gasteiger partial charge in [-0.05, 0) is 36.5 Å². The minimum absolute atomic E-state index is 0.0113. The van der Waals surface area contributed by atoms with Crippen LogP contribution >= 0.6 is 23.1 Å². The number of carbonyl (C=O) groups excluding carboxylic acids is 2. The third-order valence-electron chi connectivity index (χ3n) is 4.04. The second kappa shape index (κ2) is 8.18. The van der Waals surface area contributed by atoms with Crippen molar-refractivity contribution in [3.63, 3.8) is 0 Å². The van der Waals surface area contributed by atoms with Crippen molar-refractivity contribution in [1.29, 1.82) is 0 Å². The van der Waals surface area contributed by atoms with Gasteiger partial charge in [-0.25, -0.2) is 0 Å². The summed E-state index contributed by atoms with van der Waals surface area (Å²) in [6, 6.07) is 8.15. The fourth-order valence-corrected chi connectivity index (χ4v) is 4.27. The van der Waals surface area contributed by atoms with Crippen molar-refractivity contribution >= 4 is 45.7 Å². The van der Waals surface area contributed by atoms with Crippen LogP contribution in [0.3, 0.4) is 0 Å². The maximum absolute atomic E-state index is 12.1. The summed E-state index contributed by atoms with van der Waals surface area (Å²) in [7, 11) is 0. The Bertz CT molecular complexity index is 785. The number of hydrogen-bond acceptors (Lipinski definition) is 6. The summed E-state index contributed by atoms with van der Waals surface area (Å²) in [6.45, 7) is 5.82. The van der Waals surface area contributed by atoms with Crippen LogP contribution in [0.15, 0.2) is 28.6 Å². The van der Waals surface area contributed by atoms with Crippen LogP contribution in [0.25, 0.3) is 0 Å². The molecule has 1 aliphatic carbocycles. The van der Waals surface area contributed by atoms with Gasteiger partial charge in [-0.2, -0.15) is 0 Å². The number of benzene rings is 1. The van der Waals surface area contributed by atoms with E-state index >= 15 is 0 Å². The van der Waals surface area contributed by atoms with Crippen LogP contribution in [0.2, 0.25) is 0 Å². The van der Waals surface area contributed by atoms with E-state index in [1.807, 2.05) is 24.3 Å². The number of rotatable bonds is 7. The molecule has 0 bridgehead atoms. The summed E-state index contributed by atoms with van der Waals surface area (Å²) in [5, 5.41) is 11.7. The zero-order valence-electron chi connectivity index (χ0n) is 15.1. The number of amides is 2. The third kappa shape index (κ3) is 4.82. The highest BCUT2D eigenvalue weighted by atomic mass is 32.2. The standard InChI is InChI=1S/C18H22N4O2S2/c1-11(2)13-4-6-14(7-5-13)19-16(24)10-25-18-21-20-17(26-18)22(12(3)23)15-8-9-15/h4-7,11,15H,8-10H2,1-3H3,(H,19,24). The predicted octanol–water partition coefficient (Wildman–Crippen LogP) is 3.91. The van der Waals surface area contributed by atoms with Gasteiger partial charge in [0.05, 0.1) is 5.75 Å². The highest BCUT2D eigenvalue weighted by Gasteiger charge is 2.34. The smallest absolute Gasteiger partial charge is 0.234 e. The molecule has 1 aliphatic rings. The van der Waals surface area contributed by atoms with Gasteiger partial charge in [-0.1, -0.05) is 49.1 Å². The number of aromatic nitrogens is 2. The Morgan fingerprint density at radius 2 is 1.96 bits per heavy atom. The van der Waals surface area contributed by atoms with Gasteiger partial charge < -0.3 is 5.32 Å². The second-order valence-electron chi connectivity index (χ2n) is 6.58. The zero-order valence-corrected chi connectivity index (χ0v) is 16.7. The third-order valence-corrected chi connectivity index (χ3v) is 6.10. The van der Waals surface area contributed by atoms with Crippen LogP contribution in [0.4, 0.5) is 10.8 Å². The molecular formula is C18H22N4O2S2. The first-order chi connectivity index (χ1) is 12.4. The van der Waals surface area contributed by atoms with E-state index in [0.717, 1.165) is 18.5 Å². The molecule has 1 saturated carbocycles. The van der Waals surface area contributed by atoms with E-state index in [1.165, 1.54) is 28.7 Å². The van der Waals surface area contributed by atoms with Crippen molar-refractivity contribution in [2.45, 2.75) is 49.9 Å². The average Bonchev–Trinajstić information content (AvgIpc) is 3.31. The van der Waals surface area contributed by atoms with E-state index in [-0.39, 0.29) is 23.6 Å². The summed E-state index contributed by atoms with van der Waals surface area (Å²) in [5.41, 5.74) is 2.03. The zero-order chi connectivity index (χ0) is 18.7. The first-order valence-corrected chi connectivity index (χ1v) is 10.4. The van der Waals surface area contributed by atoms with Gasteiger partial charge in [0.1, 0.15) is 0 Å². The molecule has 0 atom stereocenters. The number of nitrogens with one attached hydrogen (secondary N) is 1. The first-order valence-electron chi connectivity index (χ1n) is 8.60. The monoisotopic (exact) mass is 390 g/mol. The lowest BCUT2D eigenvalue weighted by Gasteiger charge is -2.15. The van der Waals surface area contributed by atoms with Crippen LogP contribution < -0.4 is 10.2 Å². The summed E-state index contributed by atoms with van der Waals surface area (Å²) in [5.74, 6) is 0.619. The van der Waals surface area contributed by atoms with Crippen molar-refractivity contribution in [2.75, 3.05) is 16.0 Å². The molecule has 0 aliphatic heterocycles. The van der Waals surface area contributed by atoms with E-state index in [0.29, 0.717) is 15.4 Å². The van der Waals surface area contributed by atoms with Crippen LogP contribution in [0.5, 0.6) is 0 Å². The Balaban J connectivity index is 1.52. The van der Waals surface area contributed by atoms with Gasteiger partial charge >= 0.3 is 0 Å². The number of carbonyl (C=O) groups is 2. The topological polar surface area (TPSA) is 75.2 Å². The summed E-state index contributed by atoms with van der Waals surface area (Å²) < 4.78 is 0.692. The normalized spacial score (nSPS) is 13.7. The molecule has 1 aromatic heterocycles. The fourth-order valence-electron chi connectivity index (χ4n) is 2.51. The lowest BCUT2D eigenvalue weighted by atomic mass is 10.0. The molecular weight excluding hydrogens is 368 g/mol. The van der Waals surface area contributed by atoms with Gasteiger partial charge in [0.2, 0.25) is 16.9 Å². The molecule has 1 fully saturated rings. The minimum Gasteiger partial charge on any atom is -0.325 e. The molecule has 3 rings (SSSR count). The van der Waals surface area contributed by atoms with Crippen molar-refractivity contribution in [2.24, 2.45) is 0 Å². The second-order valence-corrected chi connectivity index (χ2v) is 8.76. The molecule has 8 heteroatoms. The Morgan fingerprint density at radius 1 is 1.27 bits per heavy atom. The largest absolute Gasteiger partial charge is 0.325 e. The fraction of sp³-hybridized carbons (Fsp3) is 0.444. The molecule has 0 saturated heterocycles. The molecule has 0 spiro atoms. The minimum atomic E-state index is -0.0883. The van der Waals surface area contributed by atoms with Gasteiger partial charge in [0.15, 0.2) is 4.34 Å². The molecule has 0 unspecified atom stereocenters. The molecule has 2 amide bonds. The van der Waals surface area contributed by atoms with Crippen LogP contribution in [-0.2, 0) is 9.59 Å². The highest BCUT2D eigenvalue weighted by molar-refractivity contribution is 8.01. The SMILES string of the molecule is CC(=O)N(c1nnc(SCC(=O)Nc2ccc(C(C)C)cc2)s1)C1CC1. The van der Waals surface area contributed by atoms with E-state index in [2.05, 4.69) is 29.4 Å². The van der Waals surface area contributed by atoms with Crippen molar-refractivity contribution in [3.8, 4) is 0 Å².